The molecule has 8 heteroatoms. The van der Waals surface area contributed by atoms with Gasteiger partial charge in [0.05, 0.1) is 34.8 Å². The molecule has 0 saturated heterocycles. The van der Waals surface area contributed by atoms with Crippen molar-refractivity contribution in [3.63, 3.8) is 0 Å². The molecule has 1 heterocycles. The second-order valence-corrected chi connectivity index (χ2v) is 8.76. The molecule has 0 aliphatic rings. The quantitative estimate of drug-likeness (QED) is 0.317. The zero-order valence-electron chi connectivity index (χ0n) is 18.0. The average molecular weight is 551 g/mol. The monoisotopic (exact) mass is 549 g/mol. The van der Waals surface area contributed by atoms with E-state index in [0.717, 1.165) is 20.9 Å². The standard InChI is InChI=1S/C23H25Br2N3O3/c1-5-14(4)22-27-19-9-8-16(24)11-17(19)23(29)28(22)26-13-15-10-18(25)21(31-7-3)12-20(15)30-6-2/h8-14H,5-7H2,1-4H3/t14-/m0/s1. The summed E-state index contributed by atoms with van der Waals surface area (Å²) in [6.45, 7) is 8.99. The van der Waals surface area contributed by atoms with Crippen molar-refractivity contribution in [3.8, 4) is 11.5 Å². The van der Waals surface area contributed by atoms with E-state index in [0.29, 0.717) is 41.4 Å². The molecule has 1 atom stereocenters. The van der Waals surface area contributed by atoms with Crippen LogP contribution in [-0.2, 0) is 0 Å². The van der Waals surface area contributed by atoms with Gasteiger partial charge in [-0.1, -0.05) is 29.8 Å². The van der Waals surface area contributed by atoms with Crippen LogP contribution in [0.15, 0.2) is 49.2 Å². The Balaban J connectivity index is 2.17. The molecule has 0 aliphatic carbocycles. The van der Waals surface area contributed by atoms with Crippen LogP contribution >= 0.6 is 31.9 Å². The van der Waals surface area contributed by atoms with Crippen molar-refractivity contribution in [2.45, 2.75) is 40.0 Å². The van der Waals surface area contributed by atoms with E-state index in [4.69, 9.17) is 14.5 Å². The highest BCUT2D eigenvalue weighted by Crippen LogP contribution is 2.32. The Labute approximate surface area is 198 Å². The zero-order valence-corrected chi connectivity index (χ0v) is 21.2. The van der Waals surface area contributed by atoms with Crippen LogP contribution in [0, 0.1) is 0 Å². The first-order valence-electron chi connectivity index (χ1n) is 10.2. The van der Waals surface area contributed by atoms with Crippen LogP contribution in [0.25, 0.3) is 10.9 Å². The fraction of sp³-hybridized carbons (Fsp3) is 0.348. The van der Waals surface area contributed by atoms with E-state index >= 15 is 0 Å². The summed E-state index contributed by atoms with van der Waals surface area (Å²) in [7, 11) is 0. The van der Waals surface area contributed by atoms with Gasteiger partial charge in [-0.25, -0.2) is 4.98 Å². The van der Waals surface area contributed by atoms with Crippen molar-refractivity contribution in [3.05, 3.63) is 61.0 Å². The maximum atomic E-state index is 13.3. The molecule has 1 aromatic heterocycles. The normalized spacial score (nSPS) is 12.5. The Hall–Kier alpha value is -2.19. The molecular weight excluding hydrogens is 526 g/mol. The van der Waals surface area contributed by atoms with Gasteiger partial charge >= 0.3 is 0 Å². The third-order valence-electron chi connectivity index (χ3n) is 4.86. The first-order chi connectivity index (χ1) is 14.9. The molecule has 0 bridgehead atoms. The molecule has 3 rings (SSSR count). The van der Waals surface area contributed by atoms with Crippen molar-refractivity contribution in [1.29, 1.82) is 0 Å². The van der Waals surface area contributed by atoms with Crippen molar-refractivity contribution in [2.24, 2.45) is 5.10 Å². The number of hydrogen-bond acceptors (Lipinski definition) is 5. The topological polar surface area (TPSA) is 65.7 Å². The van der Waals surface area contributed by atoms with Gasteiger partial charge in [-0.05, 0) is 60.5 Å². The number of aromatic nitrogens is 2. The number of nitrogens with zero attached hydrogens (tertiary/aromatic N) is 3. The molecule has 0 aliphatic heterocycles. The lowest BCUT2D eigenvalue weighted by Gasteiger charge is -2.15. The van der Waals surface area contributed by atoms with E-state index in [1.165, 1.54) is 4.68 Å². The van der Waals surface area contributed by atoms with Gasteiger partial charge in [-0.15, -0.1) is 0 Å². The van der Waals surface area contributed by atoms with Crippen molar-refractivity contribution in [2.75, 3.05) is 13.2 Å². The van der Waals surface area contributed by atoms with Crippen LogP contribution in [0.3, 0.4) is 0 Å². The Bertz CT molecular complexity index is 1170. The lowest BCUT2D eigenvalue weighted by Crippen LogP contribution is -2.23. The van der Waals surface area contributed by atoms with E-state index in [9.17, 15) is 4.79 Å². The summed E-state index contributed by atoms with van der Waals surface area (Å²) in [5, 5.41) is 5.05. The SMILES string of the molecule is CCOc1cc(OCC)c(C=Nn2c([C@@H](C)CC)nc3ccc(Br)cc3c2=O)cc1Br. The van der Waals surface area contributed by atoms with Gasteiger partial charge in [0.15, 0.2) is 0 Å². The van der Waals surface area contributed by atoms with Crippen LogP contribution in [0.5, 0.6) is 11.5 Å². The van der Waals surface area contributed by atoms with Crippen molar-refractivity contribution >= 4 is 49.0 Å². The molecule has 0 N–H and O–H groups in total. The smallest absolute Gasteiger partial charge is 0.282 e. The Morgan fingerprint density at radius 2 is 1.81 bits per heavy atom. The van der Waals surface area contributed by atoms with Crippen molar-refractivity contribution in [1.82, 2.24) is 9.66 Å². The number of halogens is 2. The third kappa shape index (κ3) is 5.18. The van der Waals surface area contributed by atoms with Gasteiger partial charge < -0.3 is 9.47 Å². The molecule has 0 unspecified atom stereocenters. The summed E-state index contributed by atoms with van der Waals surface area (Å²) in [5.74, 6) is 2.02. The molecular formula is C23H25Br2N3O3. The maximum Gasteiger partial charge on any atom is 0.282 e. The summed E-state index contributed by atoms with van der Waals surface area (Å²) in [5.41, 5.74) is 1.18. The number of benzene rings is 2. The summed E-state index contributed by atoms with van der Waals surface area (Å²) in [6, 6.07) is 9.20. The Kier molecular flexibility index (Phi) is 7.89. The second-order valence-electron chi connectivity index (χ2n) is 6.99. The van der Waals surface area contributed by atoms with Gasteiger partial charge in [0.1, 0.15) is 17.3 Å². The van der Waals surface area contributed by atoms with Crippen LogP contribution in [0.1, 0.15) is 51.4 Å². The fourth-order valence-corrected chi connectivity index (χ4v) is 3.93. The predicted molar refractivity (Wildman–Crippen MR) is 132 cm³/mol. The molecule has 0 amide bonds. The molecule has 0 radical (unpaired) electrons. The van der Waals surface area contributed by atoms with Crippen LogP contribution in [0.4, 0.5) is 0 Å². The summed E-state index contributed by atoms with van der Waals surface area (Å²) in [6.07, 6.45) is 2.47. The molecule has 164 valence electrons. The molecule has 0 fully saturated rings. The number of ether oxygens (including phenoxy) is 2. The molecule has 0 saturated carbocycles. The average Bonchev–Trinajstić information content (AvgIpc) is 2.75. The van der Waals surface area contributed by atoms with E-state index in [1.807, 2.05) is 45.0 Å². The third-order valence-corrected chi connectivity index (χ3v) is 5.98. The highest BCUT2D eigenvalue weighted by Gasteiger charge is 2.16. The van der Waals surface area contributed by atoms with Crippen molar-refractivity contribution < 1.29 is 9.47 Å². The highest BCUT2D eigenvalue weighted by atomic mass is 79.9. The minimum atomic E-state index is -0.208. The van der Waals surface area contributed by atoms with Crippen LogP contribution in [0.2, 0.25) is 0 Å². The summed E-state index contributed by atoms with van der Waals surface area (Å²) in [4.78, 5) is 18.0. The maximum absolute atomic E-state index is 13.3. The molecule has 3 aromatic rings. The minimum Gasteiger partial charge on any atom is -0.493 e. The lowest BCUT2D eigenvalue weighted by atomic mass is 10.1. The number of rotatable bonds is 8. The minimum absolute atomic E-state index is 0.0660. The fourth-order valence-electron chi connectivity index (χ4n) is 3.10. The zero-order chi connectivity index (χ0) is 22.5. The van der Waals surface area contributed by atoms with E-state index < -0.39 is 0 Å². The number of hydrogen-bond donors (Lipinski definition) is 0. The van der Waals surface area contributed by atoms with Gasteiger partial charge in [0, 0.05) is 22.0 Å². The van der Waals surface area contributed by atoms with E-state index in [-0.39, 0.29) is 11.5 Å². The van der Waals surface area contributed by atoms with Gasteiger partial charge in [-0.2, -0.15) is 9.78 Å². The Morgan fingerprint density at radius 3 is 2.48 bits per heavy atom. The van der Waals surface area contributed by atoms with Crippen LogP contribution < -0.4 is 15.0 Å². The number of fused-ring (bicyclic) bond motifs is 1. The first kappa shape index (κ1) is 23.5. The van der Waals surface area contributed by atoms with Gasteiger partial charge in [-0.3, -0.25) is 4.79 Å². The summed E-state index contributed by atoms with van der Waals surface area (Å²) < 4.78 is 14.4. The van der Waals surface area contributed by atoms with E-state index in [2.05, 4.69) is 43.9 Å². The largest absolute Gasteiger partial charge is 0.493 e. The lowest BCUT2D eigenvalue weighted by molar-refractivity contribution is 0.321. The first-order valence-corrected chi connectivity index (χ1v) is 11.8. The molecule has 6 nitrogen and oxygen atoms in total. The second kappa shape index (κ2) is 10.4. The van der Waals surface area contributed by atoms with Gasteiger partial charge in [0.2, 0.25) is 0 Å². The van der Waals surface area contributed by atoms with Crippen LogP contribution in [-0.4, -0.2) is 29.1 Å². The van der Waals surface area contributed by atoms with Gasteiger partial charge in [0.25, 0.3) is 5.56 Å². The summed E-state index contributed by atoms with van der Waals surface area (Å²) >= 11 is 6.97. The Morgan fingerprint density at radius 1 is 1.10 bits per heavy atom. The van der Waals surface area contributed by atoms with E-state index in [1.54, 1.807) is 12.3 Å². The molecule has 2 aromatic carbocycles. The molecule has 0 spiro atoms. The molecule has 31 heavy (non-hydrogen) atoms. The highest BCUT2D eigenvalue weighted by molar-refractivity contribution is 9.10. The predicted octanol–water partition coefficient (Wildman–Crippen LogP) is 6.11.